The monoisotopic (exact) mass is 275 g/mol. The lowest BCUT2D eigenvalue weighted by Gasteiger charge is -2.05. The molecule has 104 valence electrons. The molecule has 3 nitrogen and oxygen atoms in total. The summed E-state index contributed by atoms with van der Waals surface area (Å²) in [6.07, 6.45) is 6.87. The molecule has 0 fully saturated rings. The molecule has 0 radical (unpaired) electrons. The summed E-state index contributed by atoms with van der Waals surface area (Å²) in [7, 11) is 0. The molecule has 1 aromatic heterocycles. The maximum Gasteiger partial charge on any atom is 0.135 e. The molecule has 20 heavy (non-hydrogen) atoms. The highest BCUT2D eigenvalue weighted by Gasteiger charge is 2.18. The van der Waals surface area contributed by atoms with Gasteiger partial charge in [0.15, 0.2) is 0 Å². The highest BCUT2D eigenvalue weighted by molar-refractivity contribution is 5.71. The van der Waals surface area contributed by atoms with Gasteiger partial charge in [0, 0.05) is 18.1 Å². The molecule has 5 heteroatoms. The molecular formula is C15H15F2N3. The maximum atomic E-state index is 13.8. The Balaban J connectivity index is 2.57. The zero-order chi connectivity index (χ0) is 14.7. The van der Waals surface area contributed by atoms with Gasteiger partial charge in [0.1, 0.15) is 29.0 Å². The average molecular weight is 275 g/mol. The molecule has 2 aromatic rings. The van der Waals surface area contributed by atoms with Crippen LogP contribution < -0.4 is 5.73 Å². The van der Waals surface area contributed by atoms with Crippen molar-refractivity contribution in [2.24, 2.45) is 0 Å². The van der Waals surface area contributed by atoms with Crippen molar-refractivity contribution in [1.82, 2.24) is 9.55 Å². The number of benzene rings is 1. The second-order valence-corrected chi connectivity index (χ2v) is 4.43. The lowest BCUT2D eigenvalue weighted by atomic mass is 10.1. The number of aryl methyl sites for hydroxylation is 1. The predicted molar refractivity (Wildman–Crippen MR) is 74.8 cm³/mol. The SMILES string of the molecule is C#CCn1c(CCC)nc(-c2ccc(F)cc2F)c1N. The van der Waals surface area contributed by atoms with Crippen LogP contribution >= 0.6 is 0 Å². The topological polar surface area (TPSA) is 43.8 Å². The van der Waals surface area contributed by atoms with Crippen LogP contribution in [0.25, 0.3) is 11.3 Å². The first-order valence-corrected chi connectivity index (χ1v) is 6.32. The summed E-state index contributed by atoms with van der Waals surface area (Å²) in [6.45, 7) is 2.28. The Kier molecular flexibility index (Phi) is 4.04. The van der Waals surface area contributed by atoms with Crippen LogP contribution in [0.2, 0.25) is 0 Å². The predicted octanol–water partition coefficient (Wildman–Crippen LogP) is 3.00. The van der Waals surface area contributed by atoms with E-state index in [-0.39, 0.29) is 12.1 Å². The molecule has 2 N–H and O–H groups in total. The van der Waals surface area contributed by atoms with Crippen molar-refractivity contribution < 1.29 is 8.78 Å². The number of hydrogen-bond donors (Lipinski definition) is 1. The third-order valence-corrected chi connectivity index (χ3v) is 3.00. The minimum absolute atomic E-state index is 0.178. The van der Waals surface area contributed by atoms with E-state index >= 15 is 0 Å². The van der Waals surface area contributed by atoms with E-state index in [1.54, 1.807) is 4.57 Å². The van der Waals surface area contributed by atoms with Gasteiger partial charge in [-0.05, 0) is 18.6 Å². The fraction of sp³-hybridized carbons (Fsp3) is 0.267. The Hall–Kier alpha value is -2.35. The molecule has 2 rings (SSSR count). The van der Waals surface area contributed by atoms with Gasteiger partial charge in [-0.2, -0.15) is 0 Å². The van der Waals surface area contributed by atoms with Crippen molar-refractivity contribution in [3.8, 4) is 23.6 Å². The maximum absolute atomic E-state index is 13.8. The molecule has 0 saturated heterocycles. The number of nitrogens with two attached hydrogens (primary N) is 1. The Morgan fingerprint density at radius 2 is 2.15 bits per heavy atom. The Morgan fingerprint density at radius 1 is 1.40 bits per heavy atom. The molecule has 0 amide bonds. The first-order valence-electron chi connectivity index (χ1n) is 6.32. The number of aromatic nitrogens is 2. The quantitative estimate of drug-likeness (QED) is 0.872. The average Bonchev–Trinajstić information content (AvgIpc) is 2.69. The van der Waals surface area contributed by atoms with Crippen LogP contribution in [-0.4, -0.2) is 9.55 Å². The van der Waals surface area contributed by atoms with Gasteiger partial charge in [-0.1, -0.05) is 12.8 Å². The van der Waals surface area contributed by atoms with E-state index < -0.39 is 11.6 Å². The number of rotatable bonds is 4. The number of terminal acetylenes is 1. The summed E-state index contributed by atoms with van der Waals surface area (Å²) < 4.78 is 28.5. The van der Waals surface area contributed by atoms with Gasteiger partial charge in [0.25, 0.3) is 0 Å². The van der Waals surface area contributed by atoms with Gasteiger partial charge < -0.3 is 10.3 Å². The summed E-state index contributed by atoms with van der Waals surface area (Å²) in [5, 5.41) is 0. The van der Waals surface area contributed by atoms with E-state index in [2.05, 4.69) is 10.9 Å². The van der Waals surface area contributed by atoms with E-state index in [1.165, 1.54) is 12.1 Å². The third-order valence-electron chi connectivity index (χ3n) is 3.00. The van der Waals surface area contributed by atoms with Gasteiger partial charge >= 0.3 is 0 Å². The number of nitrogens with zero attached hydrogens (tertiary/aromatic N) is 2. The smallest absolute Gasteiger partial charge is 0.135 e. The molecule has 1 aromatic carbocycles. The highest BCUT2D eigenvalue weighted by atomic mass is 19.1. The minimum Gasteiger partial charge on any atom is -0.383 e. The lowest BCUT2D eigenvalue weighted by molar-refractivity contribution is 0.585. The molecule has 0 aliphatic rings. The largest absolute Gasteiger partial charge is 0.383 e. The normalized spacial score (nSPS) is 10.5. The Bertz CT molecular complexity index is 668. The van der Waals surface area contributed by atoms with Crippen molar-refractivity contribution in [1.29, 1.82) is 0 Å². The summed E-state index contributed by atoms with van der Waals surface area (Å²) in [6, 6.07) is 3.32. The number of imidazole rings is 1. The third kappa shape index (κ3) is 2.50. The molecule has 0 unspecified atom stereocenters. The summed E-state index contributed by atoms with van der Waals surface area (Å²) in [5.41, 5.74) is 6.49. The van der Waals surface area contributed by atoms with E-state index in [0.717, 1.165) is 12.5 Å². The zero-order valence-electron chi connectivity index (χ0n) is 11.2. The fourth-order valence-electron chi connectivity index (χ4n) is 2.08. The zero-order valence-corrected chi connectivity index (χ0v) is 11.2. The van der Waals surface area contributed by atoms with Crippen molar-refractivity contribution in [3.05, 3.63) is 35.7 Å². The van der Waals surface area contributed by atoms with Crippen molar-refractivity contribution in [2.45, 2.75) is 26.3 Å². The van der Waals surface area contributed by atoms with E-state index in [0.29, 0.717) is 23.8 Å². The minimum atomic E-state index is -0.690. The van der Waals surface area contributed by atoms with Crippen molar-refractivity contribution >= 4 is 5.82 Å². The number of nitrogen functional groups attached to an aromatic ring is 1. The number of hydrogen-bond acceptors (Lipinski definition) is 2. The molecule has 0 atom stereocenters. The number of anilines is 1. The van der Waals surface area contributed by atoms with Gasteiger partial charge in [-0.3, -0.25) is 0 Å². The molecule has 0 saturated carbocycles. The van der Waals surface area contributed by atoms with Crippen molar-refractivity contribution in [3.63, 3.8) is 0 Å². The standard InChI is InChI=1S/C15H15F2N3/c1-3-5-13-19-14(15(18)20(13)8-4-2)11-7-6-10(16)9-12(11)17/h2,6-7,9H,3,5,8,18H2,1H3. The van der Waals surface area contributed by atoms with E-state index in [9.17, 15) is 8.78 Å². The van der Waals surface area contributed by atoms with Crippen LogP contribution in [-0.2, 0) is 13.0 Å². The van der Waals surface area contributed by atoms with Crippen LogP contribution in [0.5, 0.6) is 0 Å². The van der Waals surface area contributed by atoms with Gasteiger partial charge in [-0.25, -0.2) is 13.8 Å². The van der Waals surface area contributed by atoms with Crippen molar-refractivity contribution in [2.75, 3.05) is 5.73 Å². The molecule has 0 spiro atoms. The number of halogens is 2. The first kappa shape index (κ1) is 14.1. The first-order chi connectivity index (χ1) is 9.58. The Morgan fingerprint density at radius 3 is 2.75 bits per heavy atom. The Labute approximate surface area is 116 Å². The highest BCUT2D eigenvalue weighted by Crippen LogP contribution is 2.29. The van der Waals surface area contributed by atoms with E-state index in [1.807, 2.05) is 6.92 Å². The van der Waals surface area contributed by atoms with Crippen LogP contribution in [0.4, 0.5) is 14.6 Å². The van der Waals surface area contributed by atoms with Gasteiger partial charge in [0.05, 0.1) is 6.54 Å². The summed E-state index contributed by atoms with van der Waals surface area (Å²) >= 11 is 0. The lowest BCUT2D eigenvalue weighted by Crippen LogP contribution is -2.06. The van der Waals surface area contributed by atoms with E-state index in [4.69, 9.17) is 12.2 Å². The van der Waals surface area contributed by atoms with Crippen LogP contribution in [0, 0.1) is 24.0 Å². The fourth-order valence-corrected chi connectivity index (χ4v) is 2.08. The summed E-state index contributed by atoms with van der Waals surface area (Å²) in [4.78, 5) is 4.36. The van der Waals surface area contributed by atoms with Crippen LogP contribution in [0.15, 0.2) is 18.2 Å². The van der Waals surface area contributed by atoms with Gasteiger partial charge in [0.2, 0.25) is 0 Å². The second kappa shape index (κ2) is 5.74. The van der Waals surface area contributed by atoms with Gasteiger partial charge in [-0.15, -0.1) is 6.42 Å². The van der Waals surface area contributed by atoms with Crippen LogP contribution in [0.1, 0.15) is 19.2 Å². The molecule has 0 bridgehead atoms. The second-order valence-electron chi connectivity index (χ2n) is 4.43. The molecular weight excluding hydrogens is 260 g/mol. The van der Waals surface area contributed by atoms with Crippen LogP contribution in [0.3, 0.4) is 0 Å². The summed E-state index contributed by atoms with van der Waals surface area (Å²) in [5.74, 6) is 2.19. The molecule has 0 aliphatic carbocycles. The molecule has 0 aliphatic heterocycles. The molecule has 1 heterocycles.